The first-order valence-corrected chi connectivity index (χ1v) is 12.2. The van der Waals surface area contributed by atoms with Crippen LogP contribution in [0, 0.1) is 20.2 Å². The second-order valence-electron chi connectivity index (χ2n) is 5.81. The zero-order valence-corrected chi connectivity index (χ0v) is 18.8. The third kappa shape index (κ3) is 6.12. The quantitative estimate of drug-likeness (QED) is 0.165. The summed E-state index contributed by atoms with van der Waals surface area (Å²) in [7, 11) is 0. The van der Waals surface area contributed by atoms with Gasteiger partial charge in [-0.15, -0.1) is 0 Å². The van der Waals surface area contributed by atoms with Crippen LogP contribution in [0.15, 0.2) is 58.2 Å². The molecule has 3 rings (SSSR count). The molecule has 0 atom stereocenters. The van der Waals surface area contributed by atoms with Crippen molar-refractivity contribution in [3.8, 4) is 0 Å². The molecule has 2 heterocycles. The number of carbonyl (C=O) groups is 2. The molecule has 0 unspecified atom stereocenters. The molecule has 31 heavy (non-hydrogen) atoms. The Morgan fingerprint density at radius 3 is 2.13 bits per heavy atom. The van der Waals surface area contributed by atoms with Crippen molar-refractivity contribution in [2.45, 2.75) is 5.32 Å². The van der Waals surface area contributed by atoms with Gasteiger partial charge in [-0.1, -0.05) is 0 Å². The summed E-state index contributed by atoms with van der Waals surface area (Å²) in [5, 5.41) is 27.1. The molecule has 0 radical (unpaired) electrons. The molecular formula is C18H12N4O6S2Se. The summed E-state index contributed by atoms with van der Waals surface area (Å²) in [6.45, 7) is 0. The van der Waals surface area contributed by atoms with Crippen LogP contribution < -0.4 is 5.32 Å². The van der Waals surface area contributed by atoms with E-state index in [0.29, 0.717) is 5.32 Å². The maximum atomic E-state index is 12.5. The Morgan fingerprint density at radius 2 is 1.55 bits per heavy atom. The first-order chi connectivity index (χ1) is 14.8. The van der Waals surface area contributed by atoms with Crippen LogP contribution >= 0.6 is 22.7 Å². The Morgan fingerprint density at radius 1 is 0.968 bits per heavy atom. The van der Waals surface area contributed by atoms with Gasteiger partial charge in [0.15, 0.2) is 0 Å². The van der Waals surface area contributed by atoms with Crippen molar-refractivity contribution in [2.24, 2.45) is 4.99 Å². The molecule has 0 aliphatic rings. The van der Waals surface area contributed by atoms with Gasteiger partial charge in [-0.05, 0) is 0 Å². The fourth-order valence-corrected chi connectivity index (χ4v) is 5.32. The molecule has 0 spiro atoms. The van der Waals surface area contributed by atoms with Gasteiger partial charge in [0.25, 0.3) is 0 Å². The van der Waals surface area contributed by atoms with Crippen molar-refractivity contribution in [2.75, 3.05) is 0 Å². The number of carbonyl (C=O) groups excluding carboxylic acids is 2. The number of rotatable bonds is 7. The van der Waals surface area contributed by atoms with Crippen LogP contribution in [0.3, 0.4) is 0 Å². The molecule has 0 saturated heterocycles. The SMILES string of the molecule is O=C(N=C(NC(=O)c1csc([N+](=O)[O-])c1)[Se]Cc1ccccc1)c1csc([N+](=O)[O-])c1. The Hall–Kier alpha value is -3.25. The number of thiophene rings is 2. The van der Waals surface area contributed by atoms with Crippen molar-refractivity contribution in [1.29, 1.82) is 0 Å². The van der Waals surface area contributed by atoms with E-state index in [1.807, 2.05) is 30.3 Å². The van der Waals surface area contributed by atoms with Gasteiger partial charge in [0.2, 0.25) is 0 Å². The van der Waals surface area contributed by atoms with Gasteiger partial charge < -0.3 is 0 Å². The van der Waals surface area contributed by atoms with Crippen molar-refractivity contribution in [3.05, 3.63) is 90.1 Å². The maximum absolute atomic E-state index is 12.5. The summed E-state index contributed by atoms with van der Waals surface area (Å²) >= 11 is 1.17. The molecule has 0 fully saturated rings. The minimum absolute atomic E-state index is 0.0464. The molecule has 0 bridgehead atoms. The van der Waals surface area contributed by atoms with Gasteiger partial charge in [-0.3, -0.25) is 0 Å². The van der Waals surface area contributed by atoms with E-state index in [0.717, 1.165) is 40.4 Å². The van der Waals surface area contributed by atoms with Gasteiger partial charge in [-0.2, -0.15) is 0 Å². The molecule has 13 heteroatoms. The molecule has 10 nitrogen and oxygen atoms in total. The molecule has 0 aliphatic heterocycles. The predicted molar refractivity (Wildman–Crippen MR) is 117 cm³/mol. The van der Waals surface area contributed by atoms with E-state index in [1.54, 1.807) is 0 Å². The normalized spacial score (nSPS) is 11.2. The number of nitrogens with one attached hydrogen (secondary N) is 1. The van der Waals surface area contributed by atoms with Gasteiger partial charge >= 0.3 is 189 Å². The van der Waals surface area contributed by atoms with E-state index in [4.69, 9.17) is 0 Å². The van der Waals surface area contributed by atoms with Crippen molar-refractivity contribution < 1.29 is 19.4 Å². The second-order valence-corrected chi connectivity index (χ2v) is 9.61. The van der Waals surface area contributed by atoms with Crippen molar-refractivity contribution in [1.82, 2.24) is 5.32 Å². The van der Waals surface area contributed by atoms with Gasteiger partial charge in [0, 0.05) is 0 Å². The zero-order valence-electron chi connectivity index (χ0n) is 15.4. The van der Waals surface area contributed by atoms with Gasteiger partial charge in [0.1, 0.15) is 0 Å². The Balaban J connectivity index is 1.81. The molecule has 0 saturated carbocycles. The first-order valence-electron chi connectivity index (χ1n) is 8.40. The summed E-state index contributed by atoms with van der Waals surface area (Å²) < 4.78 is 0.119. The van der Waals surface area contributed by atoms with E-state index < -0.39 is 36.6 Å². The van der Waals surface area contributed by atoms with E-state index in [2.05, 4.69) is 10.3 Å². The molecule has 1 N–H and O–H groups in total. The van der Waals surface area contributed by atoms with Crippen molar-refractivity contribution in [3.63, 3.8) is 0 Å². The molecule has 3 aromatic rings. The van der Waals surface area contributed by atoms with Gasteiger partial charge in [0.05, 0.1) is 0 Å². The molecule has 2 aromatic heterocycles. The molecule has 2 amide bonds. The summed E-state index contributed by atoms with van der Waals surface area (Å²) in [5.41, 5.74) is 1.11. The number of amides is 2. The van der Waals surface area contributed by atoms with Crippen LogP contribution in [-0.4, -0.2) is 41.4 Å². The summed E-state index contributed by atoms with van der Waals surface area (Å²) in [6, 6.07) is 11.7. The second kappa shape index (κ2) is 10.2. The van der Waals surface area contributed by atoms with Crippen LogP contribution in [-0.2, 0) is 5.32 Å². The molecule has 0 aliphatic carbocycles. The van der Waals surface area contributed by atoms with Crippen LogP contribution in [0.1, 0.15) is 26.3 Å². The number of nitrogens with zero attached hydrogens (tertiary/aromatic N) is 3. The summed E-state index contributed by atoms with van der Waals surface area (Å²) in [6.07, 6.45) is 0. The summed E-state index contributed by atoms with van der Waals surface area (Å²) in [4.78, 5) is 49.5. The van der Waals surface area contributed by atoms with Crippen molar-refractivity contribution >= 4 is 64.2 Å². The third-order valence-electron chi connectivity index (χ3n) is 3.68. The van der Waals surface area contributed by atoms with E-state index in [1.165, 1.54) is 10.8 Å². The molecular weight excluding hydrogens is 511 g/mol. The topological polar surface area (TPSA) is 145 Å². The minimum atomic E-state index is -0.717. The first kappa shape index (κ1) is 22.4. The van der Waals surface area contributed by atoms with Crippen LogP contribution in [0.4, 0.5) is 10.0 Å². The molecule has 158 valence electrons. The fraction of sp³-hybridized carbons (Fsp3) is 0.0556. The number of nitro groups is 2. The average molecular weight is 523 g/mol. The predicted octanol–water partition coefficient (Wildman–Crippen LogP) is 3.46. The van der Waals surface area contributed by atoms with Gasteiger partial charge in [-0.25, -0.2) is 0 Å². The van der Waals surface area contributed by atoms with E-state index >= 15 is 0 Å². The standard InChI is InChI=1S/C18H12N4O6S2Se/c23-16(12-6-14(21(25)26)29-8-12)19-18(31-10-11-4-2-1-3-5-11)20-17(24)13-7-15(22(27)28)30-9-13/h1-9H,10H2,(H,19,20,23,24). The zero-order chi connectivity index (χ0) is 22.4. The number of benzene rings is 1. The monoisotopic (exact) mass is 524 g/mol. The van der Waals surface area contributed by atoms with Crippen LogP contribution in [0.5, 0.6) is 0 Å². The van der Waals surface area contributed by atoms with Crippen LogP contribution in [0.2, 0.25) is 0 Å². The average Bonchev–Trinajstić information content (AvgIpc) is 3.43. The van der Waals surface area contributed by atoms with Crippen LogP contribution in [0.25, 0.3) is 0 Å². The molecule has 1 aromatic carbocycles. The Kier molecular flexibility index (Phi) is 7.36. The third-order valence-corrected chi connectivity index (χ3v) is 7.42. The Labute approximate surface area is 189 Å². The number of aliphatic imine (C=N–C) groups is 1. The Bertz CT molecular complexity index is 1170. The fourth-order valence-electron chi connectivity index (χ4n) is 2.22. The van der Waals surface area contributed by atoms with E-state index in [9.17, 15) is 29.8 Å². The number of amidine groups is 1. The summed E-state index contributed by atoms with van der Waals surface area (Å²) in [5.74, 6) is -1.34. The number of hydrogen-bond acceptors (Lipinski definition) is 8. The van der Waals surface area contributed by atoms with E-state index in [-0.39, 0.29) is 25.9 Å². The number of hydrogen-bond donors (Lipinski definition) is 1.